The van der Waals surface area contributed by atoms with Crippen molar-refractivity contribution in [2.75, 3.05) is 23.4 Å². The lowest BCUT2D eigenvalue weighted by atomic mass is 10.2. The Kier molecular flexibility index (Phi) is 3.80. The van der Waals surface area contributed by atoms with Crippen LogP contribution < -0.4 is 10.6 Å². The highest BCUT2D eigenvalue weighted by Crippen LogP contribution is 2.40. The van der Waals surface area contributed by atoms with Crippen molar-refractivity contribution < 1.29 is 9.21 Å². The molecule has 1 saturated carbocycles. The molecule has 1 atom stereocenters. The lowest BCUT2D eigenvalue weighted by Gasteiger charge is -2.22. The van der Waals surface area contributed by atoms with Crippen molar-refractivity contribution in [3.05, 3.63) is 24.1 Å². The number of hydrogen-bond acceptors (Lipinski definition) is 5. The molecule has 2 fully saturated rings. The SMILES string of the molecule is O=C(CC1CSCCN1)Nc1ccc2oc(C3CC3)nc2c1. The van der Waals surface area contributed by atoms with Gasteiger partial charge in [0.05, 0.1) is 0 Å². The number of aromatic nitrogens is 1. The summed E-state index contributed by atoms with van der Waals surface area (Å²) < 4.78 is 5.74. The minimum absolute atomic E-state index is 0.0465. The van der Waals surface area contributed by atoms with Crippen molar-refractivity contribution in [2.24, 2.45) is 0 Å². The van der Waals surface area contributed by atoms with Crippen molar-refractivity contribution in [3.8, 4) is 0 Å². The van der Waals surface area contributed by atoms with Crippen LogP contribution >= 0.6 is 11.8 Å². The Morgan fingerprint density at radius 2 is 2.36 bits per heavy atom. The molecule has 0 spiro atoms. The molecule has 5 nitrogen and oxygen atoms in total. The number of anilines is 1. The standard InChI is InChI=1S/C16H19N3O2S/c20-15(8-12-9-22-6-5-17-12)18-11-3-4-14-13(7-11)19-16(21-14)10-1-2-10/h3-4,7,10,12,17H,1-2,5-6,8-9H2,(H,18,20). The number of benzene rings is 1. The average Bonchev–Trinajstić information content (AvgIpc) is 3.28. The summed E-state index contributed by atoms with van der Waals surface area (Å²) in [6, 6.07) is 5.94. The first-order valence-electron chi connectivity index (χ1n) is 7.79. The van der Waals surface area contributed by atoms with Gasteiger partial charge in [0.1, 0.15) is 5.52 Å². The summed E-state index contributed by atoms with van der Waals surface area (Å²) in [4.78, 5) is 16.7. The third kappa shape index (κ3) is 3.13. The fourth-order valence-electron chi connectivity index (χ4n) is 2.71. The van der Waals surface area contributed by atoms with Gasteiger partial charge in [-0.1, -0.05) is 0 Å². The van der Waals surface area contributed by atoms with Gasteiger partial charge in [0.2, 0.25) is 5.91 Å². The number of nitrogens with zero attached hydrogens (tertiary/aromatic N) is 1. The van der Waals surface area contributed by atoms with Crippen LogP contribution in [0, 0.1) is 0 Å². The fraction of sp³-hybridized carbons (Fsp3) is 0.500. The molecule has 116 valence electrons. The molecule has 22 heavy (non-hydrogen) atoms. The molecule has 4 rings (SSSR count). The van der Waals surface area contributed by atoms with E-state index in [-0.39, 0.29) is 11.9 Å². The van der Waals surface area contributed by atoms with E-state index in [1.165, 1.54) is 12.8 Å². The summed E-state index contributed by atoms with van der Waals surface area (Å²) in [5.41, 5.74) is 2.41. The molecule has 2 heterocycles. The summed E-state index contributed by atoms with van der Waals surface area (Å²) in [6.07, 6.45) is 2.85. The number of oxazole rings is 1. The van der Waals surface area contributed by atoms with Crippen LogP contribution in [0.15, 0.2) is 22.6 Å². The van der Waals surface area contributed by atoms with E-state index in [4.69, 9.17) is 4.42 Å². The smallest absolute Gasteiger partial charge is 0.225 e. The largest absolute Gasteiger partial charge is 0.440 e. The Morgan fingerprint density at radius 3 is 3.14 bits per heavy atom. The van der Waals surface area contributed by atoms with E-state index in [9.17, 15) is 4.79 Å². The third-order valence-corrected chi connectivity index (χ3v) is 5.18. The minimum atomic E-state index is 0.0465. The molecular formula is C16H19N3O2S. The first kappa shape index (κ1) is 14.1. The number of amides is 1. The molecule has 1 aliphatic heterocycles. The maximum Gasteiger partial charge on any atom is 0.225 e. The molecule has 0 radical (unpaired) electrons. The van der Waals surface area contributed by atoms with E-state index in [1.54, 1.807) is 0 Å². The number of hydrogen-bond donors (Lipinski definition) is 2. The van der Waals surface area contributed by atoms with E-state index in [0.717, 1.165) is 40.7 Å². The molecule has 1 saturated heterocycles. The zero-order valence-corrected chi connectivity index (χ0v) is 13.1. The van der Waals surface area contributed by atoms with Gasteiger partial charge in [0.25, 0.3) is 0 Å². The first-order chi connectivity index (χ1) is 10.8. The normalized spacial score (nSPS) is 21.9. The second-order valence-corrected chi connectivity index (χ2v) is 7.14. The monoisotopic (exact) mass is 317 g/mol. The molecule has 1 aliphatic carbocycles. The Labute approximate surface area is 133 Å². The maximum absolute atomic E-state index is 12.1. The molecule has 0 bridgehead atoms. The van der Waals surface area contributed by atoms with Gasteiger partial charge in [-0.3, -0.25) is 4.79 Å². The van der Waals surface area contributed by atoms with Crippen LogP contribution in [0.4, 0.5) is 5.69 Å². The second-order valence-electron chi connectivity index (χ2n) is 5.99. The fourth-order valence-corrected chi connectivity index (χ4v) is 3.66. The zero-order chi connectivity index (χ0) is 14.9. The van der Waals surface area contributed by atoms with E-state index in [2.05, 4.69) is 15.6 Å². The molecule has 2 N–H and O–H groups in total. The molecule has 1 amide bonds. The van der Waals surface area contributed by atoms with Crippen LogP contribution in [0.1, 0.15) is 31.1 Å². The average molecular weight is 317 g/mol. The predicted octanol–water partition coefficient (Wildman–Crippen LogP) is 2.74. The number of carbonyl (C=O) groups is 1. The van der Waals surface area contributed by atoms with Crippen molar-refractivity contribution in [1.82, 2.24) is 10.3 Å². The summed E-state index contributed by atoms with van der Waals surface area (Å²) >= 11 is 1.90. The topological polar surface area (TPSA) is 67.2 Å². The molecule has 2 aromatic rings. The summed E-state index contributed by atoms with van der Waals surface area (Å²) in [5.74, 6) is 3.51. The van der Waals surface area contributed by atoms with Gasteiger partial charge >= 0.3 is 0 Å². The maximum atomic E-state index is 12.1. The van der Waals surface area contributed by atoms with Gasteiger partial charge in [-0.25, -0.2) is 4.98 Å². The van der Waals surface area contributed by atoms with Gasteiger partial charge in [0.15, 0.2) is 11.5 Å². The van der Waals surface area contributed by atoms with Crippen molar-refractivity contribution in [3.63, 3.8) is 0 Å². The van der Waals surface area contributed by atoms with Crippen LogP contribution in [0.2, 0.25) is 0 Å². The highest BCUT2D eigenvalue weighted by atomic mass is 32.2. The van der Waals surface area contributed by atoms with E-state index in [0.29, 0.717) is 12.3 Å². The first-order valence-corrected chi connectivity index (χ1v) is 8.95. The molecule has 1 unspecified atom stereocenters. The van der Waals surface area contributed by atoms with Gasteiger partial charge in [-0.2, -0.15) is 11.8 Å². The lowest BCUT2D eigenvalue weighted by Crippen LogP contribution is -2.39. The molecule has 2 aliphatic rings. The highest BCUT2D eigenvalue weighted by Gasteiger charge is 2.28. The van der Waals surface area contributed by atoms with E-state index in [1.807, 2.05) is 30.0 Å². The number of thioether (sulfide) groups is 1. The van der Waals surface area contributed by atoms with Crippen molar-refractivity contribution in [2.45, 2.75) is 31.2 Å². The molecule has 1 aromatic carbocycles. The lowest BCUT2D eigenvalue weighted by molar-refractivity contribution is -0.116. The van der Waals surface area contributed by atoms with Gasteiger partial charge in [-0.05, 0) is 31.0 Å². The van der Waals surface area contributed by atoms with Crippen molar-refractivity contribution >= 4 is 34.5 Å². The van der Waals surface area contributed by atoms with Crippen LogP contribution in [-0.4, -0.2) is 35.0 Å². The minimum Gasteiger partial charge on any atom is -0.440 e. The number of fused-ring (bicyclic) bond motifs is 1. The van der Waals surface area contributed by atoms with Crippen LogP contribution in [0.5, 0.6) is 0 Å². The Hall–Kier alpha value is -1.53. The summed E-state index contributed by atoms with van der Waals surface area (Å²) in [7, 11) is 0. The summed E-state index contributed by atoms with van der Waals surface area (Å²) in [5, 5.41) is 6.34. The third-order valence-electron chi connectivity index (χ3n) is 4.04. The van der Waals surface area contributed by atoms with Crippen molar-refractivity contribution in [1.29, 1.82) is 0 Å². The Bertz CT molecular complexity index is 690. The summed E-state index contributed by atoms with van der Waals surface area (Å²) in [6.45, 7) is 0.984. The Balaban J connectivity index is 1.42. The number of carbonyl (C=O) groups excluding carboxylic acids is 1. The highest BCUT2D eigenvalue weighted by molar-refractivity contribution is 7.99. The number of rotatable bonds is 4. The van der Waals surface area contributed by atoms with Gasteiger partial charge in [-0.15, -0.1) is 0 Å². The number of nitrogens with one attached hydrogen (secondary N) is 2. The molecule has 1 aromatic heterocycles. The van der Waals surface area contributed by atoms with Gasteiger partial charge in [0, 0.05) is 42.1 Å². The van der Waals surface area contributed by atoms with Gasteiger partial charge < -0.3 is 15.1 Å². The quantitative estimate of drug-likeness (QED) is 0.907. The van der Waals surface area contributed by atoms with Crippen LogP contribution in [0.3, 0.4) is 0 Å². The zero-order valence-electron chi connectivity index (χ0n) is 12.3. The van der Waals surface area contributed by atoms with Crippen LogP contribution in [0.25, 0.3) is 11.1 Å². The van der Waals surface area contributed by atoms with E-state index < -0.39 is 0 Å². The predicted molar refractivity (Wildman–Crippen MR) is 88.3 cm³/mol. The van der Waals surface area contributed by atoms with E-state index >= 15 is 0 Å². The second kappa shape index (κ2) is 5.93. The Morgan fingerprint density at radius 1 is 1.45 bits per heavy atom. The molecular weight excluding hydrogens is 298 g/mol. The molecule has 6 heteroatoms. The van der Waals surface area contributed by atoms with Crippen LogP contribution in [-0.2, 0) is 4.79 Å².